The highest BCUT2D eigenvalue weighted by atomic mass is 16.3. The third kappa shape index (κ3) is 3.48. The smallest absolute Gasteiger partial charge is 0.238 e. The zero-order valence-corrected chi connectivity index (χ0v) is 23.8. The first kappa shape index (κ1) is 24.2. The Bertz CT molecular complexity index is 2770. The fourth-order valence-electron chi connectivity index (χ4n) is 6.75. The molecule has 0 bridgehead atoms. The van der Waals surface area contributed by atoms with Crippen molar-refractivity contribution >= 4 is 65.7 Å². The largest absolute Gasteiger partial charge is 0.456 e. The Kier molecular flexibility index (Phi) is 4.90. The van der Waals surface area contributed by atoms with Crippen LogP contribution in [0.15, 0.2) is 142 Å². The number of benzene rings is 6. The topological polar surface area (TPSA) is 69.9 Å². The van der Waals surface area contributed by atoms with Gasteiger partial charge in [-0.05, 0) is 36.4 Å². The quantitative estimate of drug-likeness (QED) is 0.209. The molecular formula is C39H22N4O2. The first-order valence-electron chi connectivity index (χ1n) is 14.9. The molecule has 0 radical (unpaired) electrons. The van der Waals surface area contributed by atoms with Crippen molar-refractivity contribution in [2.24, 2.45) is 0 Å². The van der Waals surface area contributed by atoms with Gasteiger partial charge in [0.2, 0.25) is 5.95 Å². The first-order chi connectivity index (χ1) is 22.3. The first-order valence-corrected chi connectivity index (χ1v) is 14.9. The Morgan fingerprint density at radius 1 is 0.400 bits per heavy atom. The lowest BCUT2D eigenvalue weighted by Crippen LogP contribution is -2.06. The fraction of sp³-hybridized carbons (Fsp3) is 0. The lowest BCUT2D eigenvalue weighted by atomic mass is 10.1. The van der Waals surface area contributed by atoms with Gasteiger partial charge >= 0.3 is 0 Å². The van der Waals surface area contributed by atoms with Crippen molar-refractivity contribution in [2.45, 2.75) is 0 Å². The Hall–Kier alpha value is -6.27. The number of nitrogens with zero attached hydrogens (tertiary/aromatic N) is 4. The SMILES string of the molecule is c1ccc(-c2nc(-c3cccc4oc5ccccc5c34)nc(-n3c4ccccc4c4c5c(ccc43)oc3ccccc35)n2)cc1. The van der Waals surface area contributed by atoms with Crippen molar-refractivity contribution in [1.29, 1.82) is 0 Å². The van der Waals surface area contributed by atoms with Gasteiger partial charge in [-0.3, -0.25) is 4.57 Å². The van der Waals surface area contributed by atoms with E-state index in [9.17, 15) is 0 Å². The van der Waals surface area contributed by atoms with Gasteiger partial charge in [-0.2, -0.15) is 9.97 Å². The monoisotopic (exact) mass is 578 g/mol. The van der Waals surface area contributed by atoms with Crippen LogP contribution in [0.4, 0.5) is 0 Å². The number of furan rings is 2. The number of para-hydroxylation sites is 3. The predicted octanol–water partition coefficient (Wildman–Crippen LogP) is 10.1. The van der Waals surface area contributed by atoms with Gasteiger partial charge in [0.25, 0.3) is 0 Å². The Labute approximate surface area is 255 Å². The molecule has 0 N–H and O–H groups in total. The van der Waals surface area contributed by atoms with Crippen molar-refractivity contribution in [3.05, 3.63) is 133 Å². The molecule has 0 saturated carbocycles. The van der Waals surface area contributed by atoms with E-state index in [2.05, 4.69) is 59.2 Å². The minimum atomic E-state index is 0.544. The zero-order chi connectivity index (χ0) is 29.5. The van der Waals surface area contributed by atoms with E-state index in [1.165, 1.54) is 0 Å². The van der Waals surface area contributed by atoms with Crippen LogP contribution in [-0.2, 0) is 0 Å². The Morgan fingerprint density at radius 3 is 1.82 bits per heavy atom. The standard InChI is InChI=1S/C39H22N4O2/c1-2-11-23(12-3-1)37-40-38(27-16-10-20-32-34(27)25-14-5-8-18-30(25)44-32)42-39(41-37)43-28-17-7-4-13-24(28)35-29(43)21-22-33-36(35)26-15-6-9-19-31(26)45-33/h1-22H. The lowest BCUT2D eigenvalue weighted by molar-refractivity contribution is 0.668. The number of rotatable bonds is 3. The molecule has 0 aliphatic heterocycles. The van der Waals surface area contributed by atoms with Gasteiger partial charge in [-0.15, -0.1) is 0 Å². The molecule has 4 heterocycles. The maximum Gasteiger partial charge on any atom is 0.238 e. The average molecular weight is 579 g/mol. The van der Waals surface area contributed by atoms with Gasteiger partial charge in [0, 0.05) is 43.4 Å². The van der Waals surface area contributed by atoms with Crippen LogP contribution < -0.4 is 0 Å². The molecule has 0 amide bonds. The summed E-state index contributed by atoms with van der Waals surface area (Å²) in [6, 6.07) is 45.0. The second kappa shape index (κ2) is 9.11. The van der Waals surface area contributed by atoms with Crippen molar-refractivity contribution < 1.29 is 8.83 Å². The summed E-state index contributed by atoms with van der Waals surface area (Å²) >= 11 is 0. The average Bonchev–Trinajstić information content (AvgIpc) is 3.77. The molecule has 0 saturated heterocycles. The van der Waals surface area contributed by atoms with Crippen molar-refractivity contribution in [3.8, 4) is 28.7 Å². The summed E-state index contributed by atoms with van der Waals surface area (Å²) in [5.74, 6) is 1.72. The zero-order valence-electron chi connectivity index (χ0n) is 23.8. The van der Waals surface area contributed by atoms with Crippen LogP contribution in [0, 0.1) is 0 Å². The summed E-state index contributed by atoms with van der Waals surface area (Å²) in [6.07, 6.45) is 0. The third-order valence-electron chi connectivity index (χ3n) is 8.68. The minimum absolute atomic E-state index is 0.544. The molecular weight excluding hydrogens is 556 g/mol. The number of aromatic nitrogens is 4. The van der Waals surface area contributed by atoms with Crippen LogP contribution in [0.2, 0.25) is 0 Å². The van der Waals surface area contributed by atoms with E-state index in [0.29, 0.717) is 17.6 Å². The Balaban J connectivity index is 1.33. The van der Waals surface area contributed by atoms with Crippen molar-refractivity contribution in [2.75, 3.05) is 0 Å². The van der Waals surface area contributed by atoms with Crippen LogP contribution in [0.5, 0.6) is 0 Å². The van der Waals surface area contributed by atoms with Crippen molar-refractivity contribution in [3.63, 3.8) is 0 Å². The highest BCUT2D eigenvalue weighted by Gasteiger charge is 2.22. The number of fused-ring (bicyclic) bond motifs is 10. The molecule has 6 nitrogen and oxygen atoms in total. The summed E-state index contributed by atoms with van der Waals surface area (Å²) < 4.78 is 14.7. The molecule has 45 heavy (non-hydrogen) atoms. The van der Waals surface area contributed by atoms with E-state index in [4.69, 9.17) is 23.8 Å². The summed E-state index contributed by atoms with van der Waals surface area (Å²) in [6.45, 7) is 0. The molecule has 0 aliphatic carbocycles. The summed E-state index contributed by atoms with van der Waals surface area (Å²) in [4.78, 5) is 15.4. The van der Waals surface area contributed by atoms with Crippen LogP contribution in [0.3, 0.4) is 0 Å². The van der Waals surface area contributed by atoms with E-state index >= 15 is 0 Å². The molecule has 6 heteroatoms. The van der Waals surface area contributed by atoms with Gasteiger partial charge in [-0.1, -0.05) is 97.1 Å². The van der Waals surface area contributed by atoms with E-state index in [-0.39, 0.29) is 0 Å². The van der Waals surface area contributed by atoms with Gasteiger partial charge < -0.3 is 8.83 Å². The molecule has 10 rings (SSSR count). The molecule has 210 valence electrons. The highest BCUT2D eigenvalue weighted by molar-refractivity contribution is 6.27. The molecule has 0 atom stereocenters. The number of hydrogen-bond acceptors (Lipinski definition) is 5. The molecule has 0 unspecified atom stereocenters. The van der Waals surface area contributed by atoms with Gasteiger partial charge in [-0.25, -0.2) is 4.98 Å². The third-order valence-corrected chi connectivity index (χ3v) is 8.68. The van der Waals surface area contributed by atoms with Crippen LogP contribution >= 0.6 is 0 Å². The lowest BCUT2D eigenvalue weighted by Gasteiger charge is -2.11. The van der Waals surface area contributed by atoms with E-state index < -0.39 is 0 Å². The molecule has 0 fully saturated rings. The maximum atomic E-state index is 6.29. The van der Waals surface area contributed by atoms with Crippen LogP contribution in [-0.4, -0.2) is 19.5 Å². The molecule has 4 aromatic heterocycles. The summed E-state index contributed by atoms with van der Waals surface area (Å²) in [7, 11) is 0. The summed E-state index contributed by atoms with van der Waals surface area (Å²) in [5, 5.41) is 6.40. The van der Waals surface area contributed by atoms with Gasteiger partial charge in [0.05, 0.1) is 11.0 Å². The van der Waals surface area contributed by atoms with E-state index in [1.54, 1.807) is 0 Å². The van der Waals surface area contributed by atoms with E-state index in [1.807, 2.05) is 78.9 Å². The van der Waals surface area contributed by atoms with Crippen LogP contribution in [0.25, 0.3) is 94.4 Å². The van der Waals surface area contributed by atoms with E-state index in [0.717, 1.165) is 76.8 Å². The van der Waals surface area contributed by atoms with Gasteiger partial charge in [0.1, 0.15) is 22.3 Å². The Morgan fingerprint density at radius 2 is 1.02 bits per heavy atom. The van der Waals surface area contributed by atoms with Crippen LogP contribution in [0.1, 0.15) is 0 Å². The van der Waals surface area contributed by atoms with Crippen molar-refractivity contribution in [1.82, 2.24) is 19.5 Å². The van der Waals surface area contributed by atoms with Gasteiger partial charge in [0.15, 0.2) is 11.6 Å². The summed E-state index contributed by atoms with van der Waals surface area (Å²) in [5.41, 5.74) is 7.15. The maximum absolute atomic E-state index is 6.29. The highest BCUT2D eigenvalue weighted by Crippen LogP contribution is 2.41. The molecule has 0 aliphatic rings. The number of hydrogen-bond donors (Lipinski definition) is 0. The fourth-order valence-corrected chi connectivity index (χ4v) is 6.75. The minimum Gasteiger partial charge on any atom is -0.456 e. The normalized spacial score (nSPS) is 12.0. The molecule has 10 aromatic rings. The molecule has 6 aromatic carbocycles. The predicted molar refractivity (Wildman–Crippen MR) is 180 cm³/mol. The molecule has 0 spiro atoms. The second-order valence-electron chi connectivity index (χ2n) is 11.2. The second-order valence-corrected chi connectivity index (χ2v) is 11.2.